The van der Waals surface area contributed by atoms with Crippen LogP contribution in [0.2, 0.25) is 0 Å². The fourth-order valence-electron chi connectivity index (χ4n) is 3.11. The van der Waals surface area contributed by atoms with Gasteiger partial charge in [0.05, 0.1) is 21.0 Å². The second-order valence-corrected chi connectivity index (χ2v) is 9.18. The van der Waals surface area contributed by atoms with Gasteiger partial charge in [-0.05, 0) is 41.6 Å². The predicted molar refractivity (Wildman–Crippen MR) is 130 cm³/mol. The number of nitrogens with zero attached hydrogens (tertiary/aromatic N) is 3. The zero-order chi connectivity index (χ0) is 23.2. The number of carbonyl (C=O) groups excluding carboxylic acids is 2. The molecule has 3 aromatic heterocycles. The lowest BCUT2D eigenvalue weighted by atomic mass is 10.2. The SMILES string of the molecule is CC[C@@H](Sc1nc2ccccc2c(=O)n1NC(=O)c1cccs1)C(=O)NCc1cccnc1. The number of thiophene rings is 1. The monoisotopic (exact) mass is 479 g/mol. The quantitative estimate of drug-likeness (QED) is 0.296. The van der Waals surface area contributed by atoms with Crippen molar-refractivity contribution in [1.29, 1.82) is 0 Å². The summed E-state index contributed by atoms with van der Waals surface area (Å²) >= 11 is 2.41. The molecule has 33 heavy (non-hydrogen) atoms. The maximum Gasteiger partial charge on any atom is 0.281 e. The lowest BCUT2D eigenvalue weighted by Crippen LogP contribution is -2.37. The van der Waals surface area contributed by atoms with E-state index in [4.69, 9.17) is 0 Å². The van der Waals surface area contributed by atoms with Crippen LogP contribution in [0, 0.1) is 0 Å². The normalized spacial score (nSPS) is 11.8. The molecule has 168 valence electrons. The number of thioether (sulfide) groups is 1. The van der Waals surface area contributed by atoms with E-state index in [1.54, 1.807) is 54.2 Å². The maximum atomic E-state index is 13.2. The smallest absolute Gasteiger partial charge is 0.281 e. The van der Waals surface area contributed by atoms with Crippen LogP contribution in [0.15, 0.2) is 76.3 Å². The van der Waals surface area contributed by atoms with E-state index in [2.05, 4.69) is 20.7 Å². The van der Waals surface area contributed by atoms with E-state index in [0.29, 0.717) is 28.7 Å². The van der Waals surface area contributed by atoms with Gasteiger partial charge < -0.3 is 5.32 Å². The minimum Gasteiger partial charge on any atom is -0.351 e. The van der Waals surface area contributed by atoms with Gasteiger partial charge in [-0.3, -0.25) is 24.8 Å². The first-order chi connectivity index (χ1) is 16.1. The van der Waals surface area contributed by atoms with Gasteiger partial charge in [0.2, 0.25) is 5.91 Å². The van der Waals surface area contributed by atoms with Crippen LogP contribution in [-0.4, -0.2) is 31.7 Å². The highest BCUT2D eigenvalue weighted by atomic mass is 32.2. The average molecular weight is 480 g/mol. The number of amides is 2. The van der Waals surface area contributed by atoms with Crippen LogP contribution in [0.25, 0.3) is 10.9 Å². The van der Waals surface area contributed by atoms with E-state index in [9.17, 15) is 14.4 Å². The molecule has 2 N–H and O–H groups in total. The number of aromatic nitrogens is 3. The number of benzene rings is 1. The van der Waals surface area contributed by atoms with Crippen LogP contribution in [0.4, 0.5) is 0 Å². The number of fused-ring (bicyclic) bond motifs is 1. The first-order valence-electron chi connectivity index (χ1n) is 10.3. The Morgan fingerprint density at radius 1 is 1.15 bits per heavy atom. The molecule has 0 spiro atoms. The molecule has 0 aliphatic heterocycles. The zero-order valence-corrected chi connectivity index (χ0v) is 19.4. The van der Waals surface area contributed by atoms with E-state index in [1.165, 1.54) is 11.3 Å². The Balaban J connectivity index is 1.62. The van der Waals surface area contributed by atoms with E-state index < -0.39 is 16.7 Å². The molecule has 0 bridgehead atoms. The minimum absolute atomic E-state index is 0.190. The van der Waals surface area contributed by atoms with Gasteiger partial charge in [-0.2, -0.15) is 4.68 Å². The highest BCUT2D eigenvalue weighted by Gasteiger charge is 2.23. The molecule has 2 amide bonds. The molecule has 3 heterocycles. The van der Waals surface area contributed by atoms with Gasteiger partial charge in [0.25, 0.3) is 11.5 Å². The molecule has 0 unspecified atom stereocenters. The molecule has 0 fully saturated rings. The summed E-state index contributed by atoms with van der Waals surface area (Å²) in [5.41, 5.74) is 3.63. The summed E-state index contributed by atoms with van der Waals surface area (Å²) in [5.74, 6) is -0.606. The third-order valence-electron chi connectivity index (χ3n) is 4.80. The summed E-state index contributed by atoms with van der Waals surface area (Å²) in [5, 5.41) is 4.79. The lowest BCUT2D eigenvalue weighted by molar-refractivity contribution is -0.120. The van der Waals surface area contributed by atoms with Crippen LogP contribution < -0.4 is 16.3 Å². The Morgan fingerprint density at radius 2 is 2.00 bits per heavy atom. The van der Waals surface area contributed by atoms with Gasteiger partial charge in [0, 0.05) is 18.9 Å². The Bertz CT molecular complexity index is 1320. The molecular weight excluding hydrogens is 458 g/mol. The topological polar surface area (TPSA) is 106 Å². The molecule has 8 nitrogen and oxygen atoms in total. The number of para-hydroxylation sites is 1. The Kier molecular flexibility index (Phi) is 7.16. The highest BCUT2D eigenvalue weighted by Crippen LogP contribution is 2.25. The fourth-order valence-corrected chi connectivity index (χ4v) is 4.72. The Labute approximate surface area is 198 Å². The first kappa shape index (κ1) is 22.7. The van der Waals surface area contributed by atoms with Crippen molar-refractivity contribution in [3.63, 3.8) is 0 Å². The first-order valence-corrected chi connectivity index (χ1v) is 12.0. The van der Waals surface area contributed by atoms with Crippen LogP contribution in [0.5, 0.6) is 0 Å². The summed E-state index contributed by atoms with van der Waals surface area (Å²) in [6.45, 7) is 2.23. The maximum absolute atomic E-state index is 13.2. The van der Waals surface area contributed by atoms with Crippen molar-refractivity contribution in [3.8, 4) is 0 Å². The van der Waals surface area contributed by atoms with Crippen molar-refractivity contribution in [2.45, 2.75) is 30.3 Å². The molecule has 1 atom stereocenters. The third kappa shape index (κ3) is 5.29. The number of hydrogen-bond acceptors (Lipinski definition) is 7. The van der Waals surface area contributed by atoms with Gasteiger partial charge in [0.15, 0.2) is 5.16 Å². The molecule has 4 rings (SSSR count). The third-order valence-corrected chi connectivity index (χ3v) is 6.99. The number of carbonyl (C=O) groups is 2. The Morgan fingerprint density at radius 3 is 2.73 bits per heavy atom. The molecule has 1 aromatic carbocycles. The molecular formula is C23H21N5O3S2. The predicted octanol–water partition coefficient (Wildman–Crippen LogP) is 3.42. The van der Waals surface area contributed by atoms with Crippen molar-refractivity contribution in [1.82, 2.24) is 20.0 Å². The van der Waals surface area contributed by atoms with E-state index >= 15 is 0 Å². The van der Waals surface area contributed by atoms with Gasteiger partial charge in [-0.25, -0.2) is 4.98 Å². The molecule has 0 aliphatic carbocycles. The molecule has 0 radical (unpaired) electrons. The second kappa shape index (κ2) is 10.4. The number of pyridine rings is 1. The average Bonchev–Trinajstić information content (AvgIpc) is 3.39. The summed E-state index contributed by atoms with van der Waals surface area (Å²) in [6, 6.07) is 14.0. The van der Waals surface area contributed by atoms with E-state index in [-0.39, 0.29) is 11.1 Å². The summed E-state index contributed by atoms with van der Waals surface area (Å²) in [4.78, 5) is 47.8. The van der Waals surface area contributed by atoms with E-state index in [0.717, 1.165) is 22.0 Å². The number of rotatable bonds is 8. The number of nitrogens with one attached hydrogen (secondary N) is 2. The Hall–Kier alpha value is -3.50. The largest absolute Gasteiger partial charge is 0.351 e. The zero-order valence-electron chi connectivity index (χ0n) is 17.7. The van der Waals surface area contributed by atoms with Crippen molar-refractivity contribution >= 4 is 45.8 Å². The molecule has 10 heteroatoms. The molecule has 0 saturated heterocycles. The summed E-state index contributed by atoms with van der Waals surface area (Å²) in [6.07, 6.45) is 3.87. The number of hydrogen-bond donors (Lipinski definition) is 2. The summed E-state index contributed by atoms with van der Waals surface area (Å²) in [7, 11) is 0. The van der Waals surface area contributed by atoms with E-state index in [1.807, 2.05) is 19.1 Å². The van der Waals surface area contributed by atoms with Gasteiger partial charge in [-0.1, -0.05) is 43.0 Å². The van der Waals surface area contributed by atoms with Gasteiger partial charge in [-0.15, -0.1) is 11.3 Å². The van der Waals surface area contributed by atoms with Crippen molar-refractivity contribution in [2.75, 3.05) is 5.43 Å². The highest BCUT2D eigenvalue weighted by molar-refractivity contribution is 8.00. The fraction of sp³-hybridized carbons (Fsp3) is 0.174. The molecule has 4 aromatic rings. The standard InChI is InChI=1S/C23H21N5O3S2/c1-2-18(20(29)25-14-15-7-5-11-24-13-15)33-23-26-17-9-4-3-8-16(17)22(31)28(23)27-21(30)19-10-6-12-32-19/h3-13,18H,2,14H2,1H3,(H,25,29)(H,27,30)/t18-/m1/s1. The van der Waals surface area contributed by atoms with Crippen LogP contribution >= 0.6 is 23.1 Å². The van der Waals surface area contributed by atoms with Crippen molar-refractivity contribution in [3.05, 3.63) is 87.1 Å². The van der Waals surface area contributed by atoms with Crippen LogP contribution in [0.1, 0.15) is 28.6 Å². The van der Waals surface area contributed by atoms with Crippen molar-refractivity contribution < 1.29 is 9.59 Å². The second-order valence-electron chi connectivity index (χ2n) is 7.06. The van der Waals surface area contributed by atoms with Crippen molar-refractivity contribution in [2.24, 2.45) is 0 Å². The molecule has 0 saturated carbocycles. The summed E-state index contributed by atoms with van der Waals surface area (Å²) < 4.78 is 1.13. The van der Waals surface area contributed by atoms with Crippen LogP contribution in [-0.2, 0) is 11.3 Å². The lowest BCUT2D eigenvalue weighted by Gasteiger charge is -2.18. The minimum atomic E-state index is -0.514. The van der Waals surface area contributed by atoms with Gasteiger partial charge >= 0.3 is 0 Å². The van der Waals surface area contributed by atoms with Crippen LogP contribution in [0.3, 0.4) is 0 Å². The van der Waals surface area contributed by atoms with Gasteiger partial charge in [0.1, 0.15) is 0 Å². The molecule has 0 aliphatic rings.